The molecular weight excluding hydrogens is 632 g/mol. The van der Waals surface area contributed by atoms with E-state index in [0.717, 1.165) is 31.6 Å². The van der Waals surface area contributed by atoms with Crippen LogP contribution in [0.25, 0.3) is 27.1 Å². The zero-order valence-corrected chi connectivity index (χ0v) is 26.5. The lowest BCUT2D eigenvalue weighted by Gasteiger charge is -2.48. The largest absolute Gasteiger partial charge is 0.743 e. The van der Waals surface area contributed by atoms with Crippen molar-refractivity contribution >= 4 is 75.9 Å². The van der Waals surface area contributed by atoms with E-state index >= 15 is 0 Å². The van der Waals surface area contributed by atoms with Crippen molar-refractivity contribution in [1.29, 1.82) is 0 Å². The van der Waals surface area contributed by atoms with E-state index in [4.69, 9.17) is 20.9 Å². The summed E-state index contributed by atoms with van der Waals surface area (Å²) >= 11 is 7.87. The SMILES string of the molecule is CCC(=Cc1sc2ccc(Cl)cc2[n+]1CCCCS(=O)(=O)O)C=C1Oc2ccc3ccccc3c2[N+]12CCC2S(=O)(=O)[O-]. The molecule has 0 bridgehead atoms. The van der Waals surface area contributed by atoms with Gasteiger partial charge in [-0.15, -0.1) is 0 Å². The van der Waals surface area contributed by atoms with Crippen LogP contribution in [0.2, 0.25) is 5.02 Å². The molecule has 13 heteroatoms. The second-order valence-electron chi connectivity index (χ2n) is 10.8. The van der Waals surface area contributed by atoms with E-state index in [1.165, 1.54) is 0 Å². The number of quaternary nitrogens is 1. The molecule has 0 radical (unpaired) electrons. The van der Waals surface area contributed by atoms with Gasteiger partial charge in [-0.1, -0.05) is 54.1 Å². The summed E-state index contributed by atoms with van der Waals surface area (Å²) < 4.78 is 78.5. The highest BCUT2D eigenvalue weighted by Crippen LogP contribution is 2.56. The third-order valence-corrected chi connectivity index (χ3v) is 11.6. The first-order chi connectivity index (χ1) is 20.4. The molecule has 1 fully saturated rings. The second kappa shape index (κ2) is 11.3. The molecule has 0 saturated carbocycles. The van der Waals surface area contributed by atoms with Gasteiger partial charge in [0.15, 0.2) is 33.5 Å². The minimum atomic E-state index is -4.65. The number of unbranched alkanes of at least 4 members (excludes halogenated alkanes) is 1. The molecule has 3 aromatic carbocycles. The lowest BCUT2D eigenvalue weighted by Crippen LogP contribution is -2.67. The van der Waals surface area contributed by atoms with Crippen LogP contribution in [0, 0.1) is 0 Å². The van der Waals surface area contributed by atoms with E-state index in [0.29, 0.717) is 54.7 Å². The normalized spacial score (nSPS) is 21.4. The van der Waals surface area contributed by atoms with Crippen LogP contribution in [0.1, 0.15) is 37.6 Å². The summed E-state index contributed by atoms with van der Waals surface area (Å²) in [6, 6.07) is 17.1. The first kappa shape index (κ1) is 30.2. The molecule has 2 unspecified atom stereocenters. The number of thiazole rings is 1. The van der Waals surface area contributed by atoms with Crippen LogP contribution >= 0.6 is 22.9 Å². The minimum absolute atomic E-state index is 0.169. The molecule has 1 spiro atoms. The third kappa shape index (κ3) is 5.61. The molecule has 43 heavy (non-hydrogen) atoms. The zero-order chi connectivity index (χ0) is 30.6. The fraction of sp³-hybridized carbons (Fsp3) is 0.300. The van der Waals surface area contributed by atoms with Gasteiger partial charge in [-0.25, -0.2) is 12.9 Å². The summed E-state index contributed by atoms with van der Waals surface area (Å²) in [5.41, 5.74) is 2.46. The number of halogens is 1. The van der Waals surface area contributed by atoms with Gasteiger partial charge in [-0.3, -0.25) is 4.55 Å². The Morgan fingerprint density at radius 1 is 1.16 bits per heavy atom. The molecule has 0 aliphatic carbocycles. The summed E-state index contributed by atoms with van der Waals surface area (Å²) in [4.78, 5) is 0. The number of nitrogens with zero attached hydrogens (tertiary/aromatic N) is 2. The van der Waals surface area contributed by atoms with E-state index in [-0.39, 0.29) is 16.7 Å². The second-order valence-corrected chi connectivity index (χ2v) is 15.4. The van der Waals surface area contributed by atoms with E-state index in [9.17, 15) is 21.4 Å². The Balaban J connectivity index is 1.45. The van der Waals surface area contributed by atoms with Crippen LogP contribution in [-0.2, 0) is 26.8 Å². The number of hydrogen-bond acceptors (Lipinski definition) is 7. The predicted octanol–water partition coefficient (Wildman–Crippen LogP) is 5.97. The molecule has 9 nitrogen and oxygen atoms in total. The smallest absolute Gasteiger partial charge is 0.303 e. The van der Waals surface area contributed by atoms with E-state index in [2.05, 4.69) is 4.57 Å². The molecule has 1 aromatic heterocycles. The Labute approximate surface area is 259 Å². The monoisotopic (exact) mass is 661 g/mol. The number of ether oxygens (including phenoxy) is 1. The highest BCUT2D eigenvalue weighted by Gasteiger charge is 2.61. The minimum Gasteiger partial charge on any atom is -0.743 e. The maximum Gasteiger partial charge on any atom is 0.303 e. The summed E-state index contributed by atoms with van der Waals surface area (Å²) in [5, 5.41) is 2.06. The van der Waals surface area contributed by atoms with Gasteiger partial charge in [0.05, 0.1) is 18.7 Å². The number of benzene rings is 3. The molecule has 1 N–H and O–H groups in total. The number of fused-ring (bicyclic) bond motifs is 5. The van der Waals surface area contributed by atoms with E-state index in [1.807, 2.05) is 73.7 Å². The summed E-state index contributed by atoms with van der Waals surface area (Å²) in [7, 11) is -8.70. The quantitative estimate of drug-likeness (QED) is 0.101. The van der Waals surface area contributed by atoms with Crippen molar-refractivity contribution in [3.63, 3.8) is 0 Å². The number of rotatable bonds is 9. The van der Waals surface area contributed by atoms with Crippen molar-refractivity contribution in [2.75, 3.05) is 12.3 Å². The Bertz CT molecular complexity index is 2040. The van der Waals surface area contributed by atoms with Gasteiger partial charge in [-0.2, -0.15) is 13.0 Å². The molecule has 2 atom stereocenters. The van der Waals surface area contributed by atoms with Crippen molar-refractivity contribution in [2.45, 2.75) is 44.5 Å². The standard InChI is InChI=1S/C30H29ClN2O7S3/c1-2-20(17-27-32(14-5-6-16-42(34,35)36)24-19-22(31)10-12-26(24)41-27)18-28-33(15-13-29(33)43(37,38)39)30-23-8-4-3-7-21(23)9-11-25(30)40-28/h3-4,7-12,17-19,29H,2,5-6,13-16H2,1H3/p+1. The molecule has 1 saturated heterocycles. The van der Waals surface area contributed by atoms with E-state index in [1.54, 1.807) is 11.3 Å². The Morgan fingerprint density at radius 2 is 1.95 bits per heavy atom. The fourth-order valence-corrected chi connectivity index (χ4v) is 9.10. The zero-order valence-electron chi connectivity index (χ0n) is 23.3. The van der Waals surface area contributed by atoms with Crippen LogP contribution in [0.5, 0.6) is 5.75 Å². The van der Waals surface area contributed by atoms with Gasteiger partial charge >= 0.3 is 5.88 Å². The molecular formula is C30H30ClN2O7S3+. The Hall–Kier alpha value is -2.84. The van der Waals surface area contributed by atoms with Crippen LogP contribution in [0.4, 0.5) is 5.69 Å². The Kier molecular flexibility index (Phi) is 7.91. The molecule has 2 aliphatic rings. The van der Waals surface area contributed by atoms with Crippen molar-refractivity contribution in [1.82, 2.24) is 4.48 Å². The number of allylic oxidation sites excluding steroid dienone is 2. The first-order valence-corrected chi connectivity index (χ1v) is 18.2. The summed E-state index contributed by atoms with van der Waals surface area (Å²) in [6.07, 6.45) is 5.50. The Morgan fingerprint density at radius 3 is 2.65 bits per heavy atom. The first-order valence-electron chi connectivity index (χ1n) is 13.9. The number of aromatic nitrogens is 1. The summed E-state index contributed by atoms with van der Waals surface area (Å²) in [5.74, 6) is 0.627. The average Bonchev–Trinajstić information content (AvgIpc) is 3.44. The van der Waals surface area contributed by atoms with Gasteiger partial charge in [0.25, 0.3) is 15.1 Å². The van der Waals surface area contributed by atoms with Crippen LogP contribution < -0.4 is 13.8 Å². The van der Waals surface area contributed by atoms with E-state index < -0.39 is 25.6 Å². The molecule has 3 heterocycles. The van der Waals surface area contributed by atoms with Crippen molar-refractivity contribution in [2.24, 2.45) is 0 Å². The van der Waals surface area contributed by atoms with Gasteiger partial charge < -0.3 is 9.29 Å². The number of aryl methyl sites for hydroxylation is 1. The van der Waals surface area contributed by atoms with Gasteiger partial charge in [0.1, 0.15) is 4.70 Å². The topological polar surface area (TPSA) is 125 Å². The maximum atomic E-state index is 12.5. The van der Waals surface area contributed by atoms with Crippen molar-refractivity contribution in [3.05, 3.63) is 82.2 Å². The van der Waals surface area contributed by atoms with Gasteiger partial charge in [0, 0.05) is 35.0 Å². The third-order valence-electron chi connectivity index (χ3n) is 8.18. The maximum absolute atomic E-state index is 12.5. The molecule has 226 valence electrons. The lowest BCUT2D eigenvalue weighted by molar-refractivity contribution is -0.669. The van der Waals surface area contributed by atoms with Crippen LogP contribution in [0.3, 0.4) is 0 Å². The van der Waals surface area contributed by atoms with Crippen LogP contribution in [0.15, 0.2) is 72.1 Å². The highest BCUT2D eigenvalue weighted by molar-refractivity contribution is 7.86. The van der Waals surface area contributed by atoms with Crippen molar-refractivity contribution < 1.29 is 35.2 Å². The van der Waals surface area contributed by atoms with Gasteiger partial charge in [-0.05, 0) is 48.1 Å². The van der Waals surface area contributed by atoms with Gasteiger partial charge in [0.2, 0.25) is 5.52 Å². The lowest BCUT2D eigenvalue weighted by atomic mass is 10.0. The predicted molar refractivity (Wildman–Crippen MR) is 168 cm³/mol. The molecule has 0 amide bonds. The average molecular weight is 662 g/mol. The fourth-order valence-electron chi connectivity index (χ4n) is 6.07. The summed E-state index contributed by atoms with van der Waals surface area (Å²) in [6.45, 7) is 2.91. The van der Waals surface area contributed by atoms with Crippen LogP contribution in [-0.4, -0.2) is 43.6 Å². The highest BCUT2D eigenvalue weighted by atomic mass is 35.5. The molecule has 4 aromatic rings. The molecule has 2 aliphatic heterocycles. The number of hydrogen-bond donors (Lipinski definition) is 1. The van der Waals surface area contributed by atoms with Crippen molar-refractivity contribution in [3.8, 4) is 5.75 Å². The molecule has 6 rings (SSSR count).